The minimum atomic E-state index is -0.104. The van der Waals surface area contributed by atoms with Crippen molar-refractivity contribution in [2.24, 2.45) is 13.0 Å². The molecule has 0 bridgehead atoms. The second-order valence-electron chi connectivity index (χ2n) is 8.18. The van der Waals surface area contributed by atoms with Crippen LogP contribution in [0, 0.1) is 5.92 Å². The van der Waals surface area contributed by atoms with E-state index in [0.717, 1.165) is 42.4 Å². The van der Waals surface area contributed by atoms with Crippen molar-refractivity contribution in [2.45, 2.75) is 71.3 Å². The highest BCUT2D eigenvalue weighted by Gasteiger charge is 2.16. The summed E-state index contributed by atoms with van der Waals surface area (Å²) in [6.45, 7) is 3.27. The molecule has 1 aliphatic rings. The van der Waals surface area contributed by atoms with E-state index < -0.39 is 0 Å². The minimum Gasteiger partial charge on any atom is -0.494 e. The number of rotatable bonds is 12. The first-order chi connectivity index (χ1) is 14.2. The number of ether oxygens (including phenoxy) is 1. The maximum Gasteiger partial charge on any atom is 0.269 e. The van der Waals surface area contributed by atoms with Crippen molar-refractivity contribution in [2.75, 3.05) is 6.61 Å². The third-order valence-electron chi connectivity index (χ3n) is 5.88. The molecule has 0 radical (unpaired) electrons. The van der Waals surface area contributed by atoms with E-state index >= 15 is 0 Å². The summed E-state index contributed by atoms with van der Waals surface area (Å²) in [5.41, 5.74) is 2.55. The lowest BCUT2D eigenvalue weighted by Gasteiger charge is -2.24. The molecule has 1 amide bonds. The van der Waals surface area contributed by atoms with E-state index in [2.05, 4.69) is 10.4 Å². The predicted octanol–water partition coefficient (Wildman–Crippen LogP) is 5.04. The molecular formula is C24H35N3O2. The molecule has 1 aromatic carbocycles. The molecule has 5 nitrogen and oxygen atoms in total. The molecule has 1 N–H and O–H groups in total. The summed E-state index contributed by atoms with van der Waals surface area (Å²) in [5, 5.41) is 7.31. The topological polar surface area (TPSA) is 56.1 Å². The molecule has 1 fully saturated rings. The summed E-state index contributed by atoms with van der Waals surface area (Å²) >= 11 is 0. The van der Waals surface area contributed by atoms with Gasteiger partial charge in [-0.1, -0.05) is 64.0 Å². The Morgan fingerprint density at radius 2 is 2.03 bits per heavy atom. The SMILES string of the molecule is CCc1cc(C(=O)NCc2cccc(OCCCCCCC3CCC3)c2)n(C)n1. The molecule has 29 heavy (non-hydrogen) atoms. The summed E-state index contributed by atoms with van der Waals surface area (Å²) in [5.74, 6) is 1.80. The van der Waals surface area contributed by atoms with Crippen molar-refractivity contribution in [3.05, 3.63) is 47.3 Å². The van der Waals surface area contributed by atoms with Crippen molar-refractivity contribution in [3.63, 3.8) is 0 Å². The number of unbranched alkanes of at least 4 members (excludes halogenated alkanes) is 3. The molecule has 0 spiro atoms. The molecule has 0 saturated heterocycles. The number of aryl methyl sites for hydroxylation is 2. The van der Waals surface area contributed by atoms with Gasteiger partial charge in [0.15, 0.2) is 0 Å². The van der Waals surface area contributed by atoms with Crippen molar-refractivity contribution in [1.29, 1.82) is 0 Å². The summed E-state index contributed by atoms with van der Waals surface area (Å²) in [6.07, 6.45) is 11.6. The van der Waals surface area contributed by atoms with E-state index in [1.165, 1.54) is 44.9 Å². The highest BCUT2D eigenvalue weighted by molar-refractivity contribution is 5.92. The van der Waals surface area contributed by atoms with Gasteiger partial charge < -0.3 is 10.1 Å². The zero-order valence-corrected chi connectivity index (χ0v) is 18.0. The third kappa shape index (κ3) is 6.62. The standard InChI is InChI=1S/C24H35N3O2/c1-3-21-17-23(27(2)26-21)24(28)25-18-20-13-9-14-22(16-20)29-15-7-5-4-6-10-19-11-8-12-19/h9,13-14,16-17,19H,3-8,10-12,15,18H2,1-2H3,(H,25,28). The first-order valence-electron chi connectivity index (χ1n) is 11.2. The van der Waals surface area contributed by atoms with Gasteiger partial charge >= 0.3 is 0 Å². The lowest BCUT2D eigenvalue weighted by molar-refractivity contribution is 0.0941. The van der Waals surface area contributed by atoms with Gasteiger partial charge in [0.25, 0.3) is 5.91 Å². The molecule has 1 heterocycles. The fraction of sp³-hybridized carbons (Fsp3) is 0.583. The number of hydrogen-bond donors (Lipinski definition) is 1. The van der Waals surface area contributed by atoms with E-state index in [1.807, 2.05) is 37.3 Å². The van der Waals surface area contributed by atoms with E-state index in [0.29, 0.717) is 12.2 Å². The highest BCUT2D eigenvalue weighted by Crippen LogP contribution is 2.31. The average molecular weight is 398 g/mol. The van der Waals surface area contributed by atoms with Gasteiger partial charge in [-0.3, -0.25) is 9.48 Å². The highest BCUT2D eigenvalue weighted by atomic mass is 16.5. The van der Waals surface area contributed by atoms with Crippen LogP contribution >= 0.6 is 0 Å². The number of benzene rings is 1. The number of carbonyl (C=O) groups excluding carboxylic acids is 1. The van der Waals surface area contributed by atoms with Gasteiger partial charge in [-0.2, -0.15) is 5.10 Å². The maximum atomic E-state index is 12.4. The lowest BCUT2D eigenvalue weighted by Crippen LogP contribution is -2.25. The number of nitrogens with one attached hydrogen (secondary N) is 1. The monoisotopic (exact) mass is 397 g/mol. The molecule has 1 aromatic heterocycles. The van der Waals surface area contributed by atoms with Crippen molar-refractivity contribution in [3.8, 4) is 5.75 Å². The minimum absolute atomic E-state index is 0.104. The van der Waals surface area contributed by atoms with Crippen LogP contribution < -0.4 is 10.1 Å². The van der Waals surface area contributed by atoms with Crippen molar-refractivity contribution < 1.29 is 9.53 Å². The number of carbonyl (C=O) groups is 1. The van der Waals surface area contributed by atoms with Crippen LogP contribution in [-0.2, 0) is 20.0 Å². The fourth-order valence-electron chi connectivity index (χ4n) is 3.79. The molecule has 0 atom stereocenters. The number of nitrogens with zero attached hydrogens (tertiary/aromatic N) is 2. The number of hydrogen-bond acceptors (Lipinski definition) is 3. The normalized spacial score (nSPS) is 13.9. The largest absolute Gasteiger partial charge is 0.494 e. The van der Waals surface area contributed by atoms with Gasteiger partial charge in [-0.15, -0.1) is 0 Å². The Balaban J connectivity index is 1.35. The molecule has 158 valence electrons. The average Bonchev–Trinajstić information content (AvgIpc) is 3.08. The Kier molecular flexibility index (Phi) is 8.14. The second kappa shape index (κ2) is 11.0. The zero-order valence-electron chi connectivity index (χ0n) is 18.0. The Morgan fingerprint density at radius 1 is 1.21 bits per heavy atom. The van der Waals surface area contributed by atoms with E-state index in [4.69, 9.17) is 4.74 Å². The predicted molar refractivity (Wildman–Crippen MR) is 116 cm³/mol. The molecule has 2 aromatic rings. The Bertz CT molecular complexity index is 780. The maximum absolute atomic E-state index is 12.4. The van der Waals surface area contributed by atoms with Crippen LogP contribution in [0.25, 0.3) is 0 Å². The zero-order chi connectivity index (χ0) is 20.5. The third-order valence-corrected chi connectivity index (χ3v) is 5.88. The molecule has 1 saturated carbocycles. The Hall–Kier alpha value is -2.30. The van der Waals surface area contributed by atoms with Crippen LogP contribution in [-0.4, -0.2) is 22.3 Å². The van der Waals surface area contributed by atoms with Gasteiger partial charge in [-0.05, 0) is 42.5 Å². The van der Waals surface area contributed by atoms with Crippen LogP contribution in [0.5, 0.6) is 5.75 Å². The van der Waals surface area contributed by atoms with Crippen LogP contribution in [0.4, 0.5) is 0 Å². The van der Waals surface area contributed by atoms with E-state index in [9.17, 15) is 4.79 Å². The van der Waals surface area contributed by atoms with Gasteiger partial charge in [0, 0.05) is 13.6 Å². The molecule has 1 aliphatic carbocycles. The smallest absolute Gasteiger partial charge is 0.269 e. The lowest BCUT2D eigenvalue weighted by atomic mass is 9.82. The molecule has 5 heteroatoms. The van der Waals surface area contributed by atoms with E-state index in [1.54, 1.807) is 11.7 Å². The summed E-state index contributed by atoms with van der Waals surface area (Å²) in [4.78, 5) is 12.4. The van der Waals surface area contributed by atoms with E-state index in [-0.39, 0.29) is 5.91 Å². The van der Waals surface area contributed by atoms with Gasteiger partial charge in [0.2, 0.25) is 0 Å². The molecule has 0 aliphatic heterocycles. The van der Waals surface area contributed by atoms with Gasteiger partial charge in [0.1, 0.15) is 11.4 Å². The van der Waals surface area contributed by atoms with Gasteiger partial charge in [0.05, 0.1) is 12.3 Å². The first kappa shape index (κ1) is 21.4. The number of amides is 1. The Morgan fingerprint density at radius 3 is 2.76 bits per heavy atom. The second-order valence-corrected chi connectivity index (χ2v) is 8.18. The molecule has 0 unspecified atom stereocenters. The Labute approximate surface area is 174 Å². The van der Waals surface area contributed by atoms with Crippen LogP contribution in [0.15, 0.2) is 30.3 Å². The van der Waals surface area contributed by atoms with Crippen LogP contribution in [0.2, 0.25) is 0 Å². The molecular weight excluding hydrogens is 362 g/mol. The molecule has 3 rings (SSSR count). The van der Waals surface area contributed by atoms with Gasteiger partial charge in [-0.25, -0.2) is 0 Å². The summed E-state index contributed by atoms with van der Waals surface area (Å²) in [7, 11) is 1.80. The number of aromatic nitrogens is 2. The summed E-state index contributed by atoms with van der Waals surface area (Å²) < 4.78 is 7.55. The van der Waals surface area contributed by atoms with Crippen molar-refractivity contribution >= 4 is 5.91 Å². The van der Waals surface area contributed by atoms with Crippen LogP contribution in [0.3, 0.4) is 0 Å². The van der Waals surface area contributed by atoms with Crippen LogP contribution in [0.1, 0.15) is 80.0 Å². The first-order valence-corrected chi connectivity index (χ1v) is 11.2. The fourth-order valence-corrected chi connectivity index (χ4v) is 3.79. The summed E-state index contributed by atoms with van der Waals surface area (Å²) in [6, 6.07) is 9.83. The quantitative estimate of drug-likeness (QED) is 0.510. The van der Waals surface area contributed by atoms with Crippen molar-refractivity contribution in [1.82, 2.24) is 15.1 Å².